The third kappa shape index (κ3) is 2.48. The number of halogens is 1. The Morgan fingerprint density at radius 1 is 1.37 bits per heavy atom. The first-order chi connectivity index (χ1) is 9.22. The van der Waals surface area contributed by atoms with Gasteiger partial charge < -0.3 is 10.6 Å². The van der Waals surface area contributed by atoms with E-state index in [-0.39, 0.29) is 11.7 Å². The fraction of sp³-hybridized carbons (Fsp3) is 0.231. The molecule has 19 heavy (non-hydrogen) atoms. The fourth-order valence-corrected chi connectivity index (χ4v) is 2.03. The molecule has 1 aliphatic rings. The lowest BCUT2D eigenvalue weighted by atomic mass is 10.3. The number of benzene rings is 1. The van der Waals surface area contributed by atoms with Crippen LogP contribution in [0.5, 0.6) is 0 Å². The molecule has 2 heterocycles. The van der Waals surface area contributed by atoms with E-state index in [1.807, 2.05) is 4.68 Å². The summed E-state index contributed by atoms with van der Waals surface area (Å²) in [5, 5.41) is 10.2. The molecule has 1 aliphatic heterocycles. The van der Waals surface area contributed by atoms with Crippen molar-refractivity contribution in [3.63, 3.8) is 0 Å². The third-order valence-corrected chi connectivity index (χ3v) is 3.00. The number of nitrogens with zero attached hydrogens (tertiary/aromatic N) is 2. The molecule has 0 aliphatic carbocycles. The van der Waals surface area contributed by atoms with Gasteiger partial charge in [0.15, 0.2) is 5.69 Å². The lowest BCUT2D eigenvalue weighted by Gasteiger charge is -2.13. The van der Waals surface area contributed by atoms with E-state index in [9.17, 15) is 9.18 Å². The van der Waals surface area contributed by atoms with Crippen molar-refractivity contribution in [2.45, 2.75) is 13.1 Å². The van der Waals surface area contributed by atoms with Gasteiger partial charge in [-0.3, -0.25) is 9.48 Å². The zero-order valence-electron chi connectivity index (χ0n) is 10.2. The topological polar surface area (TPSA) is 59.0 Å². The molecule has 0 fully saturated rings. The summed E-state index contributed by atoms with van der Waals surface area (Å²) < 4.78 is 14.6. The fourth-order valence-electron chi connectivity index (χ4n) is 2.03. The predicted octanol–water partition coefficient (Wildman–Crippen LogP) is 1.38. The van der Waals surface area contributed by atoms with E-state index >= 15 is 0 Å². The van der Waals surface area contributed by atoms with Gasteiger partial charge in [0.1, 0.15) is 5.82 Å². The first-order valence-corrected chi connectivity index (χ1v) is 6.07. The van der Waals surface area contributed by atoms with Crippen molar-refractivity contribution in [3.05, 3.63) is 47.5 Å². The monoisotopic (exact) mass is 260 g/mol. The van der Waals surface area contributed by atoms with Crippen LogP contribution >= 0.6 is 0 Å². The number of hydrogen-bond acceptors (Lipinski definition) is 3. The molecule has 1 aromatic carbocycles. The maximum Gasteiger partial charge on any atom is 0.276 e. The van der Waals surface area contributed by atoms with Crippen LogP contribution in [0.3, 0.4) is 0 Å². The van der Waals surface area contributed by atoms with Crippen LogP contribution in [-0.2, 0) is 13.1 Å². The Labute approximate surface area is 109 Å². The van der Waals surface area contributed by atoms with Gasteiger partial charge in [-0.2, -0.15) is 5.10 Å². The van der Waals surface area contributed by atoms with Gasteiger partial charge in [-0.1, -0.05) is 0 Å². The van der Waals surface area contributed by atoms with Crippen molar-refractivity contribution in [3.8, 4) is 0 Å². The Bertz CT molecular complexity index is 582. The molecule has 0 saturated carbocycles. The summed E-state index contributed by atoms with van der Waals surface area (Å²) >= 11 is 0. The van der Waals surface area contributed by atoms with E-state index in [2.05, 4.69) is 15.7 Å². The minimum absolute atomic E-state index is 0.284. The van der Waals surface area contributed by atoms with Gasteiger partial charge >= 0.3 is 0 Å². The van der Waals surface area contributed by atoms with Gasteiger partial charge in [0.05, 0.1) is 12.2 Å². The van der Waals surface area contributed by atoms with Gasteiger partial charge in [0.25, 0.3) is 5.91 Å². The number of aromatic nitrogens is 2. The Balaban J connectivity index is 1.76. The first kappa shape index (κ1) is 11.9. The van der Waals surface area contributed by atoms with Gasteiger partial charge in [-0.25, -0.2) is 4.39 Å². The van der Waals surface area contributed by atoms with E-state index < -0.39 is 0 Å². The molecule has 98 valence electrons. The van der Waals surface area contributed by atoms with E-state index in [0.717, 1.165) is 25.3 Å². The molecule has 0 bridgehead atoms. The van der Waals surface area contributed by atoms with E-state index in [1.165, 1.54) is 24.3 Å². The number of amides is 1. The van der Waals surface area contributed by atoms with E-state index in [1.54, 1.807) is 6.07 Å². The normalized spacial score (nSPS) is 13.9. The quantitative estimate of drug-likeness (QED) is 0.857. The van der Waals surface area contributed by atoms with Gasteiger partial charge in [0, 0.05) is 18.8 Å². The van der Waals surface area contributed by atoms with Gasteiger partial charge in [0.2, 0.25) is 0 Å². The van der Waals surface area contributed by atoms with Gasteiger partial charge in [-0.05, 0) is 30.3 Å². The largest absolute Gasteiger partial charge is 0.321 e. The molecule has 0 spiro atoms. The standard InChI is InChI=1S/C13H13FN4O/c14-9-1-3-10(4-2-9)16-13(19)12-7-11-8-15-5-6-18(11)17-12/h1-4,7,15H,5-6,8H2,(H,16,19). The summed E-state index contributed by atoms with van der Waals surface area (Å²) in [6.45, 7) is 2.34. The second-order valence-corrected chi connectivity index (χ2v) is 4.38. The smallest absolute Gasteiger partial charge is 0.276 e. The molecule has 1 aromatic heterocycles. The van der Waals surface area contributed by atoms with Gasteiger partial charge in [-0.15, -0.1) is 0 Å². The predicted molar refractivity (Wildman–Crippen MR) is 68.3 cm³/mol. The molecular weight excluding hydrogens is 247 g/mol. The van der Waals surface area contributed by atoms with Crippen LogP contribution in [0.25, 0.3) is 0 Å². The minimum Gasteiger partial charge on any atom is -0.321 e. The highest BCUT2D eigenvalue weighted by Crippen LogP contribution is 2.12. The molecule has 0 radical (unpaired) electrons. The number of hydrogen-bond donors (Lipinski definition) is 2. The molecule has 3 rings (SSSR count). The number of carbonyl (C=O) groups is 1. The molecule has 0 unspecified atom stereocenters. The minimum atomic E-state index is -0.332. The molecular formula is C13H13FN4O. The molecule has 2 N–H and O–H groups in total. The molecule has 0 saturated heterocycles. The highest BCUT2D eigenvalue weighted by Gasteiger charge is 2.16. The zero-order chi connectivity index (χ0) is 13.2. The summed E-state index contributed by atoms with van der Waals surface area (Å²) in [4.78, 5) is 12.0. The third-order valence-electron chi connectivity index (χ3n) is 3.00. The number of rotatable bonds is 2. The average molecular weight is 260 g/mol. The highest BCUT2D eigenvalue weighted by molar-refractivity contribution is 6.02. The van der Waals surface area contributed by atoms with Crippen molar-refractivity contribution in [1.29, 1.82) is 0 Å². The van der Waals surface area contributed by atoms with E-state index in [4.69, 9.17) is 0 Å². The highest BCUT2D eigenvalue weighted by atomic mass is 19.1. The van der Waals surface area contributed by atoms with Crippen molar-refractivity contribution in [2.24, 2.45) is 0 Å². The molecule has 5 nitrogen and oxygen atoms in total. The molecule has 0 atom stereocenters. The first-order valence-electron chi connectivity index (χ1n) is 6.07. The SMILES string of the molecule is O=C(Nc1ccc(F)cc1)c1cc2n(n1)CCNC2. The number of nitrogens with one attached hydrogen (secondary N) is 2. The number of anilines is 1. The number of carbonyl (C=O) groups excluding carboxylic acids is 1. The van der Waals surface area contributed by atoms with E-state index in [0.29, 0.717) is 11.4 Å². The van der Waals surface area contributed by atoms with Crippen molar-refractivity contribution < 1.29 is 9.18 Å². The van der Waals surface area contributed by atoms with Crippen LogP contribution in [0.1, 0.15) is 16.2 Å². The second kappa shape index (κ2) is 4.81. The summed E-state index contributed by atoms with van der Waals surface area (Å²) in [7, 11) is 0. The number of fused-ring (bicyclic) bond motifs is 1. The second-order valence-electron chi connectivity index (χ2n) is 4.38. The Hall–Kier alpha value is -2.21. The lowest BCUT2D eigenvalue weighted by Crippen LogP contribution is -2.28. The molecule has 1 amide bonds. The Morgan fingerprint density at radius 3 is 2.89 bits per heavy atom. The average Bonchev–Trinajstić information content (AvgIpc) is 2.85. The Morgan fingerprint density at radius 2 is 2.16 bits per heavy atom. The summed E-state index contributed by atoms with van der Waals surface area (Å²) in [5.41, 5.74) is 1.93. The summed E-state index contributed by atoms with van der Waals surface area (Å²) in [6.07, 6.45) is 0. The lowest BCUT2D eigenvalue weighted by molar-refractivity contribution is 0.102. The van der Waals surface area contributed by atoms with Crippen LogP contribution in [0, 0.1) is 5.82 Å². The Kier molecular flexibility index (Phi) is 3.00. The summed E-state index contributed by atoms with van der Waals surface area (Å²) in [5.74, 6) is -0.616. The molecule has 2 aromatic rings. The van der Waals surface area contributed by atoms with Crippen molar-refractivity contribution in [1.82, 2.24) is 15.1 Å². The van der Waals surface area contributed by atoms with Crippen LogP contribution < -0.4 is 10.6 Å². The van der Waals surface area contributed by atoms with Crippen LogP contribution in [0.4, 0.5) is 10.1 Å². The maximum absolute atomic E-state index is 12.8. The molecule has 6 heteroatoms. The summed E-state index contributed by atoms with van der Waals surface area (Å²) in [6, 6.07) is 7.41. The van der Waals surface area contributed by atoms with Crippen LogP contribution in [0.2, 0.25) is 0 Å². The van der Waals surface area contributed by atoms with Crippen LogP contribution in [0.15, 0.2) is 30.3 Å². The van der Waals surface area contributed by atoms with Crippen molar-refractivity contribution >= 4 is 11.6 Å². The van der Waals surface area contributed by atoms with Crippen molar-refractivity contribution in [2.75, 3.05) is 11.9 Å². The maximum atomic E-state index is 12.8. The zero-order valence-corrected chi connectivity index (χ0v) is 10.2. The van der Waals surface area contributed by atoms with Crippen LogP contribution in [-0.4, -0.2) is 22.2 Å².